The van der Waals surface area contributed by atoms with Crippen LogP contribution in [0.25, 0.3) is 0 Å². The van der Waals surface area contributed by atoms with Gasteiger partial charge in [-0.15, -0.1) is 0 Å². The topological polar surface area (TPSA) is 55.4 Å². The molecule has 1 atom stereocenters. The van der Waals surface area contributed by atoms with E-state index in [2.05, 4.69) is 11.4 Å². The van der Waals surface area contributed by atoms with E-state index in [0.29, 0.717) is 11.6 Å². The van der Waals surface area contributed by atoms with E-state index in [1.807, 2.05) is 12.1 Å². The van der Waals surface area contributed by atoms with Crippen molar-refractivity contribution in [3.05, 3.63) is 34.9 Å². The number of ether oxygens (including phenoxy) is 1. The molecular weight excluding hydrogens is 266 g/mol. The molecule has 2 aliphatic carbocycles. The Kier molecular flexibility index (Phi) is 4.06. The third kappa shape index (κ3) is 3.32. The van der Waals surface area contributed by atoms with Crippen molar-refractivity contribution in [1.82, 2.24) is 5.32 Å². The van der Waals surface area contributed by atoms with Crippen molar-refractivity contribution in [3.8, 4) is 0 Å². The highest BCUT2D eigenvalue weighted by atomic mass is 16.5. The van der Waals surface area contributed by atoms with Crippen LogP contribution in [0.3, 0.4) is 0 Å². The SMILES string of the molecule is COC(=O)CC(NC1CC1)C(=O)c1ccc2c(c1)CCC2. The number of ketones is 1. The molecule has 0 radical (unpaired) electrons. The van der Waals surface area contributed by atoms with Gasteiger partial charge in [0.05, 0.1) is 19.6 Å². The lowest BCUT2D eigenvalue weighted by Crippen LogP contribution is -2.40. The van der Waals surface area contributed by atoms with Gasteiger partial charge in [-0.1, -0.05) is 12.1 Å². The Labute approximate surface area is 124 Å². The zero-order valence-electron chi connectivity index (χ0n) is 12.4. The van der Waals surface area contributed by atoms with E-state index in [0.717, 1.165) is 25.7 Å². The Hall–Kier alpha value is -1.68. The molecule has 0 saturated heterocycles. The summed E-state index contributed by atoms with van der Waals surface area (Å²) in [5.74, 6) is -0.343. The Morgan fingerprint density at radius 1 is 1.29 bits per heavy atom. The molecule has 21 heavy (non-hydrogen) atoms. The van der Waals surface area contributed by atoms with Crippen molar-refractivity contribution < 1.29 is 14.3 Å². The van der Waals surface area contributed by atoms with Gasteiger partial charge >= 0.3 is 5.97 Å². The zero-order chi connectivity index (χ0) is 14.8. The number of carbonyl (C=O) groups excluding carboxylic acids is 2. The molecule has 0 heterocycles. The predicted molar refractivity (Wildman–Crippen MR) is 79.4 cm³/mol. The van der Waals surface area contributed by atoms with E-state index in [9.17, 15) is 9.59 Å². The molecule has 1 fully saturated rings. The van der Waals surface area contributed by atoms with E-state index in [1.165, 1.54) is 24.7 Å². The average Bonchev–Trinajstić information content (AvgIpc) is 3.19. The number of nitrogens with one attached hydrogen (secondary N) is 1. The minimum atomic E-state index is -0.468. The van der Waals surface area contributed by atoms with E-state index in [-0.39, 0.29) is 18.2 Å². The number of Topliss-reactive ketones (excluding diaryl/α,β-unsaturated/α-hetero) is 1. The number of methoxy groups -OCH3 is 1. The second kappa shape index (κ2) is 5.98. The maximum atomic E-state index is 12.7. The van der Waals surface area contributed by atoms with E-state index >= 15 is 0 Å². The van der Waals surface area contributed by atoms with Crippen molar-refractivity contribution >= 4 is 11.8 Å². The number of fused-ring (bicyclic) bond motifs is 1. The smallest absolute Gasteiger partial charge is 0.307 e. The molecule has 1 unspecified atom stereocenters. The molecular formula is C17H21NO3. The van der Waals surface area contributed by atoms with Crippen molar-refractivity contribution in [3.63, 3.8) is 0 Å². The van der Waals surface area contributed by atoms with E-state index < -0.39 is 6.04 Å². The Morgan fingerprint density at radius 3 is 2.76 bits per heavy atom. The molecule has 1 aromatic carbocycles. The molecule has 1 saturated carbocycles. The van der Waals surface area contributed by atoms with Crippen LogP contribution in [0.4, 0.5) is 0 Å². The van der Waals surface area contributed by atoms with Gasteiger partial charge in [-0.3, -0.25) is 9.59 Å². The van der Waals surface area contributed by atoms with E-state index in [4.69, 9.17) is 4.74 Å². The van der Waals surface area contributed by atoms with Crippen LogP contribution in [0, 0.1) is 0 Å². The van der Waals surface area contributed by atoms with Gasteiger partial charge < -0.3 is 10.1 Å². The summed E-state index contributed by atoms with van der Waals surface area (Å²) in [5.41, 5.74) is 3.34. The number of hydrogen-bond acceptors (Lipinski definition) is 4. The maximum absolute atomic E-state index is 12.7. The minimum Gasteiger partial charge on any atom is -0.469 e. The Morgan fingerprint density at radius 2 is 2.05 bits per heavy atom. The number of benzene rings is 1. The van der Waals surface area contributed by atoms with Crippen LogP contribution in [-0.2, 0) is 22.4 Å². The summed E-state index contributed by atoms with van der Waals surface area (Å²) in [5, 5.41) is 3.27. The molecule has 0 spiro atoms. The van der Waals surface area contributed by atoms with Gasteiger partial charge in [0.25, 0.3) is 0 Å². The van der Waals surface area contributed by atoms with Crippen molar-refractivity contribution in [2.75, 3.05) is 7.11 Å². The summed E-state index contributed by atoms with van der Waals surface area (Å²) in [7, 11) is 1.36. The first-order valence-corrected chi connectivity index (χ1v) is 7.66. The van der Waals surface area contributed by atoms with Crippen LogP contribution >= 0.6 is 0 Å². The Balaban J connectivity index is 1.77. The Bertz CT molecular complexity index is 563. The first-order chi connectivity index (χ1) is 10.2. The molecule has 1 aromatic rings. The van der Waals surface area contributed by atoms with Crippen LogP contribution in [0.2, 0.25) is 0 Å². The lowest BCUT2D eigenvalue weighted by molar-refractivity contribution is -0.140. The third-order valence-corrected chi connectivity index (χ3v) is 4.31. The average molecular weight is 287 g/mol. The van der Waals surface area contributed by atoms with Gasteiger partial charge in [-0.2, -0.15) is 0 Å². The van der Waals surface area contributed by atoms with Gasteiger partial charge in [0.15, 0.2) is 5.78 Å². The molecule has 4 heteroatoms. The summed E-state index contributed by atoms with van der Waals surface area (Å²) in [6.07, 6.45) is 5.58. The predicted octanol–water partition coefficient (Wildman–Crippen LogP) is 2.04. The van der Waals surface area contributed by atoms with Gasteiger partial charge in [0, 0.05) is 11.6 Å². The van der Waals surface area contributed by atoms with E-state index in [1.54, 1.807) is 0 Å². The molecule has 0 aliphatic heterocycles. The fourth-order valence-electron chi connectivity index (χ4n) is 2.94. The summed E-state index contributed by atoms with van der Waals surface area (Å²) in [6.45, 7) is 0. The molecule has 4 nitrogen and oxygen atoms in total. The normalized spacial score (nSPS) is 18.1. The fraction of sp³-hybridized carbons (Fsp3) is 0.529. The van der Waals surface area contributed by atoms with Gasteiger partial charge in [0.1, 0.15) is 0 Å². The number of esters is 1. The number of rotatable bonds is 6. The summed E-state index contributed by atoms with van der Waals surface area (Å²) in [6, 6.07) is 5.86. The highest BCUT2D eigenvalue weighted by molar-refractivity contribution is 6.02. The molecule has 1 N–H and O–H groups in total. The molecule has 2 aliphatic rings. The molecule has 0 amide bonds. The molecule has 3 rings (SSSR count). The first kappa shape index (κ1) is 14.3. The van der Waals surface area contributed by atoms with Gasteiger partial charge in [-0.05, 0) is 49.3 Å². The highest BCUT2D eigenvalue weighted by Crippen LogP contribution is 2.25. The largest absolute Gasteiger partial charge is 0.469 e. The van der Waals surface area contributed by atoms with Crippen molar-refractivity contribution in [2.45, 2.75) is 50.6 Å². The molecule has 0 aromatic heterocycles. The van der Waals surface area contributed by atoms with Crippen LogP contribution in [0.5, 0.6) is 0 Å². The van der Waals surface area contributed by atoms with Crippen LogP contribution in [0.15, 0.2) is 18.2 Å². The number of carbonyl (C=O) groups is 2. The van der Waals surface area contributed by atoms with Crippen LogP contribution in [-0.4, -0.2) is 30.9 Å². The van der Waals surface area contributed by atoms with Gasteiger partial charge in [0.2, 0.25) is 0 Å². The fourth-order valence-corrected chi connectivity index (χ4v) is 2.94. The maximum Gasteiger partial charge on any atom is 0.307 e. The third-order valence-electron chi connectivity index (χ3n) is 4.31. The summed E-state index contributed by atoms with van der Waals surface area (Å²) >= 11 is 0. The number of aryl methyl sites for hydroxylation is 2. The lowest BCUT2D eigenvalue weighted by Gasteiger charge is -2.17. The van der Waals surface area contributed by atoms with Crippen LogP contribution < -0.4 is 5.32 Å². The van der Waals surface area contributed by atoms with Crippen LogP contribution in [0.1, 0.15) is 47.2 Å². The van der Waals surface area contributed by atoms with Crippen molar-refractivity contribution in [1.29, 1.82) is 0 Å². The standard InChI is InChI=1S/C17H21NO3/c1-21-16(19)10-15(18-14-7-8-14)17(20)13-6-5-11-3-2-4-12(11)9-13/h5-6,9,14-15,18H,2-4,7-8,10H2,1H3. The first-order valence-electron chi connectivity index (χ1n) is 7.66. The molecule has 112 valence electrons. The second-order valence-corrected chi connectivity index (χ2v) is 5.98. The second-order valence-electron chi connectivity index (χ2n) is 5.98. The lowest BCUT2D eigenvalue weighted by atomic mass is 9.98. The summed E-state index contributed by atoms with van der Waals surface area (Å²) in [4.78, 5) is 24.2. The molecule has 0 bridgehead atoms. The monoisotopic (exact) mass is 287 g/mol. The summed E-state index contributed by atoms with van der Waals surface area (Å²) < 4.78 is 4.71. The quantitative estimate of drug-likeness (QED) is 0.642. The number of hydrogen-bond donors (Lipinski definition) is 1. The zero-order valence-corrected chi connectivity index (χ0v) is 12.4. The highest BCUT2D eigenvalue weighted by Gasteiger charge is 2.31. The van der Waals surface area contributed by atoms with Crippen molar-refractivity contribution in [2.24, 2.45) is 0 Å². The van der Waals surface area contributed by atoms with Gasteiger partial charge in [-0.25, -0.2) is 0 Å². The minimum absolute atomic E-state index is 0.00185.